The molecule has 2 nitrogen and oxygen atoms in total. The van der Waals surface area contributed by atoms with Gasteiger partial charge in [-0.2, -0.15) is 0 Å². The molecule has 0 amide bonds. The number of ether oxygens (including phenoxy) is 2. The van der Waals surface area contributed by atoms with Gasteiger partial charge in [0.2, 0.25) is 0 Å². The fraction of sp³-hybridized carbons (Fsp3) is 0.538. The molecule has 0 N–H and O–H groups in total. The molecular weight excluding hydrogens is 267 g/mol. The van der Waals surface area contributed by atoms with Gasteiger partial charge in [-0.25, -0.2) is 0 Å². The Hall–Kier alpha value is -0.341. The van der Waals surface area contributed by atoms with Crippen LogP contribution in [0.2, 0.25) is 5.32 Å². The van der Waals surface area contributed by atoms with Crippen LogP contribution >= 0.6 is 0 Å². The van der Waals surface area contributed by atoms with E-state index >= 15 is 0 Å². The Morgan fingerprint density at radius 2 is 2.19 bits per heavy atom. The molecule has 1 heterocycles. The van der Waals surface area contributed by atoms with Gasteiger partial charge in [-0.3, -0.25) is 0 Å². The first-order valence-corrected chi connectivity index (χ1v) is 7.86. The molecular formula is C13H18O2Se. The third kappa shape index (κ3) is 3.60. The summed E-state index contributed by atoms with van der Waals surface area (Å²) in [6.07, 6.45) is 1.13. The molecule has 88 valence electrons. The summed E-state index contributed by atoms with van der Waals surface area (Å²) >= 11 is 0.580. The van der Waals surface area contributed by atoms with Crippen molar-refractivity contribution in [2.45, 2.75) is 25.0 Å². The van der Waals surface area contributed by atoms with Crippen LogP contribution in [-0.4, -0.2) is 34.5 Å². The molecule has 1 aliphatic rings. The minimum absolute atomic E-state index is 0.0570. The van der Waals surface area contributed by atoms with Crippen molar-refractivity contribution in [3.05, 3.63) is 30.3 Å². The van der Waals surface area contributed by atoms with Crippen molar-refractivity contribution in [1.82, 2.24) is 0 Å². The van der Waals surface area contributed by atoms with Crippen molar-refractivity contribution in [2.24, 2.45) is 5.92 Å². The van der Waals surface area contributed by atoms with Gasteiger partial charge >= 0.3 is 103 Å². The standard InChI is InChI=1S/C13H18O2Se/c1-2-14-13-8-11(9-15-13)10-16-12-6-4-3-5-7-12/h3-7,11,13H,2,8-10H2,1H3/t11-,13-/m0/s1. The molecule has 1 aromatic carbocycles. The number of hydrogen-bond acceptors (Lipinski definition) is 2. The molecule has 0 unspecified atom stereocenters. The fourth-order valence-corrected chi connectivity index (χ4v) is 3.92. The van der Waals surface area contributed by atoms with Crippen LogP contribution in [0.3, 0.4) is 0 Å². The van der Waals surface area contributed by atoms with E-state index in [0.29, 0.717) is 20.9 Å². The summed E-state index contributed by atoms with van der Waals surface area (Å²) in [5.74, 6) is 0.691. The first-order valence-electron chi connectivity index (χ1n) is 5.79. The van der Waals surface area contributed by atoms with E-state index in [-0.39, 0.29) is 6.29 Å². The summed E-state index contributed by atoms with van der Waals surface area (Å²) in [5, 5.41) is 1.26. The number of hydrogen-bond donors (Lipinski definition) is 0. The van der Waals surface area contributed by atoms with Gasteiger partial charge in [0.1, 0.15) is 0 Å². The van der Waals surface area contributed by atoms with Gasteiger partial charge in [-0.1, -0.05) is 0 Å². The molecule has 0 radical (unpaired) electrons. The van der Waals surface area contributed by atoms with Gasteiger partial charge in [0.15, 0.2) is 0 Å². The van der Waals surface area contributed by atoms with Crippen molar-refractivity contribution >= 4 is 19.4 Å². The van der Waals surface area contributed by atoms with Crippen LogP contribution < -0.4 is 4.46 Å². The normalized spacial score (nSPS) is 24.8. The van der Waals surface area contributed by atoms with E-state index in [2.05, 4.69) is 30.3 Å². The Bertz CT molecular complexity index is 302. The van der Waals surface area contributed by atoms with Crippen LogP contribution in [0.4, 0.5) is 0 Å². The van der Waals surface area contributed by atoms with Crippen LogP contribution in [0.1, 0.15) is 13.3 Å². The predicted molar refractivity (Wildman–Crippen MR) is 66.1 cm³/mol. The van der Waals surface area contributed by atoms with Crippen molar-refractivity contribution in [3.63, 3.8) is 0 Å². The summed E-state index contributed by atoms with van der Waals surface area (Å²) in [7, 11) is 0. The van der Waals surface area contributed by atoms with Gasteiger partial charge in [0.05, 0.1) is 0 Å². The second-order valence-corrected chi connectivity index (χ2v) is 6.24. The molecule has 1 saturated heterocycles. The van der Waals surface area contributed by atoms with Crippen LogP contribution in [-0.2, 0) is 9.47 Å². The molecule has 0 saturated carbocycles. The first-order chi connectivity index (χ1) is 7.88. The first kappa shape index (κ1) is 12.1. The van der Waals surface area contributed by atoms with E-state index in [1.165, 1.54) is 9.78 Å². The van der Waals surface area contributed by atoms with Crippen LogP contribution in [0.5, 0.6) is 0 Å². The summed E-state index contributed by atoms with van der Waals surface area (Å²) in [6.45, 7) is 3.64. The predicted octanol–water partition coefficient (Wildman–Crippen LogP) is 1.83. The Kier molecular flexibility index (Phi) is 4.86. The molecule has 2 atom stereocenters. The molecule has 1 fully saturated rings. The second kappa shape index (κ2) is 6.41. The summed E-state index contributed by atoms with van der Waals surface area (Å²) < 4.78 is 12.5. The van der Waals surface area contributed by atoms with Gasteiger partial charge < -0.3 is 0 Å². The summed E-state index contributed by atoms with van der Waals surface area (Å²) in [4.78, 5) is 0. The molecule has 0 aromatic heterocycles. The van der Waals surface area contributed by atoms with E-state index in [0.717, 1.165) is 19.6 Å². The average molecular weight is 285 g/mol. The van der Waals surface area contributed by atoms with Crippen molar-refractivity contribution < 1.29 is 9.47 Å². The zero-order valence-corrected chi connectivity index (χ0v) is 11.3. The molecule has 2 rings (SSSR count). The van der Waals surface area contributed by atoms with Crippen molar-refractivity contribution in [2.75, 3.05) is 13.2 Å². The van der Waals surface area contributed by atoms with Crippen LogP contribution in [0.25, 0.3) is 0 Å². The van der Waals surface area contributed by atoms with Crippen LogP contribution in [0, 0.1) is 5.92 Å². The summed E-state index contributed by atoms with van der Waals surface area (Å²) in [6, 6.07) is 10.7. The van der Waals surface area contributed by atoms with Crippen molar-refractivity contribution in [3.8, 4) is 0 Å². The average Bonchev–Trinajstić information content (AvgIpc) is 2.76. The maximum absolute atomic E-state index is 5.58. The van der Waals surface area contributed by atoms with Gasteiger partial charge in [0, 0.05) is 0 Å². The second-order valence-electron chi connectivity index (χ2n) is 3.94. The Labute approximate surface area is 103 Å². The third-order valence-corrected chi connectivity index (χ3v) is 5.23. The zero-order chi connectivity index (χ0) is 11.2. The van der Waals surface area contributed by atoms with E-state index < -0.39 is 0 Å². The quantitative estimate of drug-likeness (QED) is 0.769. The fourth-order valence-electron chi connectivity index (χ4n) is 1.80. The molecule has 16 heavy (non-hydrogen) atoms. The molecule has 1 aromatic rings. The molecule has 1 aliphatic heterocycles. The van der Waals surface area contributed by atoms with Gasteiger partial charge in [-0.05, 0) is 0 Å². The van der Waals surface area contributed by atoms with E-state index in [4.69, 9.17) is 9.47 Å². The Balaban J connectivity index is 1.72. The molecule has 0 aliphatic carbocycles. The van der Waals surface area contributed by atoms with E-state index in [1.807, 2.05) is 6.92 Å². The Morgan fingerprint density at radius 3 is 2.94 bits per heavy atom. The monoisotopic (exact) mass is 286 g/mol. The van der Waals surface area contributed by atoms with E-state index in [9.17, 15) is 0 Å². The maximum atomic E-state index is 5.58. The minimum atomic E-state index is 0.0570. The van der Waals surface area contributed by atoms with Crippen LogP contribution in [0.15, 0.2) is 30.3 Å². The van der Waals surface area contributed by atoms with E-state index in [1.54, 1.807) is 0 Å². The van der Waals surface area contributed by atoms with Gasteiger partial charge in [0.25, 0.3) is 0 Å². The summed E-state index contributed by atoms with van der Waals surface area (Å²) in [5.41, 5.74) is 0. The topological polar surface area (TPSA) is 18.5 Å². The molecule has 0 bridgehead atoms. The third-order valence-electron chi connectivity index (χ3n) is 2.63. The van der Waals surface area contributed by atoms with Gasteiger partial charge in [-0.15, -0.1) is 0 Å². The van der Waals surface area contributed by atoms with Crippen molar-refractivity contribution in [1.29, 1.82) is 0 Å². The zero-order valence-electron chi connectivity index (χ0n) is 9.59. The number of benzene rings is 1. The molecule has 3 heteroatoms. The Morgan fingerprint density at radius 1 is 1.38 bits per heavy atom. The molecule has 0 spiro atoms. The number of rotatable bonds is 5. The SMILES string of the molecule is CCO[C@@H]1C[C@H](C[Se]c2ccccc2)CO1.